The maximum Gasteiger partial charge on any atom is 0.0979 e. The van der Waals surface area contributed by atoms with Crippen LogP contribution in [0.15, 0.2) is 30.6 Å². The molecule has 0 bridgehead atoms. The summed E-state index contributed by atoms with van der Waals surface area (Å²) in [4.78, 5) is 0. The maximum absolute atomic E-state index is 5.55. The lowest BCUT2D eigenvalue weighted by Gasteiger charge is -2.10. The summed E-state index contributed by atoms with van der Waals surface area (Å²) in [7, 11) is 0. The summed E-state index contributed by atoms with van der Waals surface area (Å²) >= 11 is 0. The molecule has 0 aliphatic rings. The van der Waals surface area contributed by atoms with Gasteiger partial charge in [-0.25, -0.2) is 4.52 Å². The second kappa shape index (κ2) is 4.82. The van der Waals surface area contributed by atoms with E-state index in [1.54, 1.807) is 0 Å². The standard InChI is InChI=1S/C13H15N3/c1-3-8-14-12(4-2)11-10-15-16-9-6-5-7-13(11)16/h2,5-7,9-10,12,14H,3,8H2,1H3. The first-order valence-electron chi connectivity index (χ1n) is 5.48. The molecule has 1 atom stereocenters. The zero-order chi connectivity index (χ0) is 11.4. The first kappa shape index (κ1) is 10.7. The van der Waals surface area contributed by atoms with Crippen LogP contribution in [0.25, 0.3) is 5.52 Å². The molecule has 0 amide bonds. The van der Waals surface area contributed by atoms with E-state index in [0.29, 0.717) is 0 Å². The smallest absolute Gasteiger partial charge is 0.0979 e. The third kappa shape index (κ3) is 1.93. The van der Waals surface area contributed by atoms with Crippen molar-refractivity contribution in [3.63, 3.8) is 0 Å². The van der Waals surface area contributed by atoms with Crippen LogP contribution < -0.4 is 5.32 Å². The molecule has 2 aromatic rings. The quantitative estimate of drug-likeness (QED) is 0.787. The van der Waals surface area contributed by atoms with Crippen molar-refractivity contribution in [2.45, 2.75) is 19.4 Å². The van der Waals surface area contributed by atoms with Crippen LogP contribution in [-0.2, 0) is 0 Å². The minimum Gasteiger partial charge on any atom is -0.300 e. The van der Waals surface area contributed by atoms with Gasteiger partial charge in [-0.1, -0.05) is 18.9 Å². The van der Waals surface area contributed by atoms with Crippen molar-refractivity contribution in [2.75, 3.05) is 6.54 Å². The fraction of sp³-hybridized carbons (Fsp3) is 0.308. The Morgan fingerprint density at radius 2 is 2.44 bits per heavy atom. The number of pyridine rings is 1. The van der Waals surface area contributed by atoms with Gasteiger partial charge in [0.05, 0.1) is 17.8 Å². The van der Waals surface area contributed by atoms with E-state index in [-0.39, 0.29) is 6.04 Å². The first-order chi connectivity index (χ1) is 7.86. The van der Waals surface area contributed by atoms with Crippen LogP contribution in [-0.4, -0.2) is 16.2 Å². The summed E-state index contributed by atoms with van der Waals surface area (Å²) in [6, 6.07) is 5.92. The van der Waals surface area contributed by atoms with E-state index in [9.17, 15) is 0 Å². The minimum absolute atomic E-state index is 0.0557. The Kier molecular flexibility index (Phi) is 3.23. The molecule has 2 heterocycles. The number of aromatic nitrogens is 2. The minimum atomic E-state index is -0.0557. The third-order valence-electron chi connectivity index (χ3n) is 2.53. The number of nitrogens with one attached hydrogen (secondary N) is 1. The Balaban J connectivity index is 2.34. The van der Waals surface area contributed by atoms with Crippen molar-refractivity contribution in [3.8, 4) is 12.3 Å². The van der Waals surface area contributed by atoms with Gasteiger partial charge in [0.25, 0.3) is 0 Å². The molecule has 0 aliphatic carbocycles. The van der Waals surface area contributed by atoms with Crippen LogP contribution in [0.2, 0.25) is 0 Å². The van der Waals surface area contributed by atoms with Gasteiger partial charge in [-0.3, -0.25) is 5.32 Å². The predicted octanol–water partition coefficient (Wildman–Crippen LogP) is 2.01. The van der Waals surface area contributed by atoms with E-state index in [4.69, 9.17) is 6.42 Å². The van der Waals surface area contributed by atoms with E-state index in [0.717, 1.165) is 24.0 Å². The van der Waals surface area contributed by atoms with Crippen LogP contribution in [0.3, 0.4) is 0 Å². The normalized spacial score (nSPS) is 12.5. The van der Waals surface area contributed by atoms with Gasteiger partial charge in [0, 0.05) is 11.8 Å². The SMILES string of the molecule is C#CC(NCCC)c1cnn2ccccc12. The van der Waals surface area contributed by atoms with Gasteiger partial charge in [-0.15, -0.1) is 6.42 Å². The summed E-state index contributed by atoms with van der Waals surface area (Å²) in [5.41, 5.74) is 2.13. The number of hydrogen-bond acceptors (Lipinski definition) is 2. The van der Waals surface area contributed by atoms with Gasteiger partial charge in [-0.05, 0) is 25.1 Å². The number of nitrogens with zero attached hydrogens (tertiary/aromatic N) is 2. The molecule has 1 N–H and O–H groups in total. The average Bonchev–Trinajstić information content (AvgIpc) is 2.75. The average molecular weight is 213 g/mol. The highest BCUT2D eigenvalue weighted by molar-refractivity contribution is 5.56. The Bertz CT molecular complexity index is 507. The molecule has 0 aliphatic heterocycles. The van der Waals surface area contributed by atoms with Crippen LogP contribution in [0, 0.1) is 12.3 Å². The lowest BCUT2D eigenvalue weighted by atomic mass is 10.1. The Hall–Kier alpha value is -1.79. The molecular weight excluding hydrogens is 198 g/mol. The van der Waals surface area contributed by atoms with Crippen LogP contribution in [0.4, 0.5) is 0 Å². The van der Waals surface area contributed by atoms with Crippen molar-refractivity contribution in [1.82, 2.24) is 14.9 Å². The van der Waals surface area contributed by atoms with E-state index in [1.807, 2.05) is 35.1 Å². The monoisotopic (exact) mass is 213 g/mol. The lowest BCUT2D eigenvalue weighted by Crippen LogP contribution is -2.20. The van der Waals surface area contributed by atoms with Crippen LogP contribution >= 0.6 is 0 Å². The van der Waals surface area contributed by atoms with E-state index in [2.05, 4.69) is 23.3 Å². The third-order valence-corrected chi connectivity index (χ3v) is 2.53. The molecule has 1 unspecified atom stereocenters. The van der Waals surface area contributed by atoms with Gasteiger partial charge in [-0.2, -0.15) is 5.10 Å². The number of fused-ring (bicyclic) bond motifs is 1. The summed E-state index contributed by atoms with van der Waals surface area (Å²) in [6.45, 7) is 3.04. The highest BCUT2D eigenvalue weighted by atomic mass is 15.2. The predicted molar refractivity (Wildman–Crippen MR) is 65.1 cm³/mol. The molecule has 82 valence electrons. The molecule has 0 saturated heterocycles. The molecule has 2 aromatic heterocycles. The van der Waals surface area contributed by atoms with Crippen molar-refractivity contribution >= 4 is 5.52 Å². The molecule has 0 saturated carbocycles. The molecule has 0 fully saturated rings. The highest BCUT2D eigenvalue weighted by Crippen LogP contribution is 2.18. The fourth-order valence-electron chi connectivity index (χ4n) is 1.72. The fourth-order valence-corrected chi connectivity index (χ4v) is 1.72. The van der Waals surface area contributed by atoms with Gasteiger partial charge in [0.2, 0.25) is 0 Å². The number of terminal acetylenes is 1. The Morgan fingerprint density at radius 3 is 3.19 bits per heavy atom. The van der Waals surface area contributed by atoms with Crippen molar-refractivity contribution < 1.29 is 0 Å². The van der Waals surface area contributed by atoms with Gasteiger partial charge in [0.1, 0.15) is 0 Å². The van der Waals surface area contributed by atoms with Gasteiger partial charge in [0.15, 0.2) is 0 Å². The lowest BCUT2D eigenvalue weighted by molar-refractivity contribution is 0.629. The van der Waals surface area contributed by atoms with E-state index in [1.165, 1.54) is 0 Å². The molecule has 2 rings (SSSR count). The number of hydrogen-bond donors (Lipinski definition) is 1. The van der Waals surface area contributed by atoms with Gasteiger partial charge >= 0.3 is 0 Å². The second-order valence-electron chi connectivity index (χ2n) is 3.68. The van der Waals surface area contributed by atoms with Crippen molar-refractivity contribution in [1.29, 1.82) is 0 Å². The highest BCUT2D eigenvalue weighted by Gasteiger charge is 2.12. The molecular formula is C13H15N3. The molecule has 0 spiro atoms. The summed E-state index contributed by atoms with van der Waals surface area (Å²) in [5, 5.41) is 7.60. The zero-order valence-electron chi connectivity index (χ0n) is 9.35. The topological polar surface area (TPSA) is 29.3 Å². The Labute approximate surface area is 95.5 Å². The second-order valence-corrected chi connectivity index (χ2v) is 3.68. The van der Waals surface area contributed by atoms with Gasteiger partial charge < -0.3 is 0 Å². The number of rotatable bonds is 4. The largest absolute Gasteiger partial charge is 0.300 e. The zero-order valence-corrected chi connectivity index (χ0v) is 9.35. The first-order valence-corrected chi connectivity index (χ1v) is 5.48. The van der Waals surface area contributed by atoms with Crippen LogP contribution in [0.1, 0.15) is 24.9 Å². The molecule has 3 heteroatoms. The molecule has 16 heavy (non-hydrogen) atoms. The van der Waals surface area contributed by atoms with Crippen molar-refractivity contribution in [3.05, 3.63) is 36.2 Å². The van der Waals surface area contributed by atoms with E-state index >= 15 is 0 Å². The molecule has 0 aromatic carbocycles. The summed E-state index contributed by atoms with van der Waals surface area (Å²) in [5.74, 6) is 2.77. The van der Waals surface area contributed by atoms with Crippen molar-refractivity contribution in [2.24, 2.45) is 0 Å². The summed E-state index contributed by atoms with van der Waals surface area (Å²) in [6.07, 6.45) is 10.4. The maximum atomic E-state index is 5.55. The molecule has 3 nitrogen and oxygen atoms in total. The van der Waals surface area contributed by atoms with E-state index < -0.39 is 0 Å². The Morgan fingerprint density at radius 1 is 1.56 bits per heavy atom. The molecule has 0 radical (unpaired) electrons. The van der Waals surface area contributed by atoms with Crippen LogP contribution in [0.5, 0.6) is 0 Å². The summed E-state index contributed by atoms with van der Waals surface area (Å²) < 4.78 is 1.84.